The molecule has 0 aromatic heterocycles. The first-order chi connectivity index (χ1) is 5.88. The highest BCUT2D eigenvalue weighted by Crippen LogP contribution is 2.13. The van der Waals surface area contributed by atoms with Crippen molar-refractivity contribution in [3.05, 3.63) is 0 Å². The highest BCUT2D eigenvalue weighted by Gasteiger charge is 2.38. The lowest BCUT2D eigenvalue weighted by atomic mass is 10.5. The van der Waals surface area contributed by atoms with E-state index in [2.05, 4.69) is 0 Å². The molecule has 0 saturated heterocycles. The molecule has 0 rings (SSSR count). The maximum absolute atomic E-state index is 11.5. The van der Waals surface area contributed by atoms with Gasteiger partial charge in [0.1, 0.15) is 0 Å². The predicted octanol–water partition coefficient (Wildman–Crippen LogP) is -1.30. The second kappa shape index (κ2) is 4.65. The number of carbonyl (C=O) groups excluding carboxylic acids is 2. The van der Waals surface area contributed by atoms with Crippen LogP contribution >= 0.6 is 0 Å². The Kier molecular flexibility index (Phi) is 4.18. The number of hydrogen-bond donors (Lipinski definition) is 3. The summed E-state index contributed by atoms with van der Waals surface area (Å²) in [5.74, 6) is -2.93. The van der Waals surface area contributed by atoms with Crippen molar-refractivity contribution in [3.8, 4) is 0 Å². The topological polar surface area (TPSA) is 84.2 Å². The Morgan fingerprint density at radius 1 is 1.23 bits per heavy atom. The molecule has 0 atom stereocenters. The van der Waals surface area contributed by atoms with Crippen LogP contribution in [0.4, 0.5) is 13.2 Å². The number of halogens is 3. The molecule has 5 nitrogen and oxygen atoms in total. The van der Waals surface area contributed by atoms with Crippen LogP contribution in [0.3, 0.4) is 0 Å². The van der Waals surface area contributed by atoms with Gasteiger partial charge in [-0.15, -0.1) is 0 Å². The van der Waals surface area contributed by atoms with Crippen molar-refractivity contribution in [2.75, 3.05) is 13.2 Å². The molecule has 13 heavy (non-hydrogen) atoms. The highest BCUT2D eigenvalue weighted by molar-refractivity contribution is 5.87. The van der Waals surface area contributed by atoms with Crippen molar-refractivity contribution < 1.29 is 22.8 Å². The summed E-state index contributed by atoms with van der Waals surface area (Å²) in [4.78, 5) is 20.6. The van der Waals surface area contributed by atoms with Gasteiger partial charge in [-0.05, 0) is 0 Å². The molecule has 0 fully saturated rings. The molecule has 76 valence electrons. The number of nitrogens with two attached hydrogens (primary N) is 1. The van der Waals surface area contributed by atoms with Crippen LogP contribution in [-0.4, -0.2) is 31.2 Å². The van der Waals surface area contributed by atoms with Gasteiger partial charge in [-0.1, -0.05) is 0 Å². The van der Waals surface area contributed by atoms with Crippen LogP contribution in [0.2, 0.25) is 0 Å². The fourth-order valence-electron chi connectivity index (χ4n) is 0.437. The maximum Gasteiger partial charge on any atom is 0.471 e. The van der Waals surface area contributed by atoms with Crippen LogP contribution in [0.1, 0.15) is 0 Å². The fourth-order valence-corrected chi connectivity index (χ4v) is 0.437. The van der Waals surface area contributed by atoms with Crippen LogP contribution in [-0.2, 0) is 9.59 Å². The summed E-state index contributed by atoms with van der Waals surface area (Å²) in [6.07, 6.45) is -4.97. The average Bonchev–Trinajstić information content (AvgIpc) is 1.99. The number of nitrogens with one attached hydrogen (secondary N) is 2. The van der Waals surface area contributed by atoms with Gasteiger partial charge in [0.05, 0.1) is 13.2 Å². The van der Waals surface area contributed by atoms with Gasteiger partial charge in [0.2, 0.25) is 5.91 Å². The number of rotatable bonds is 3. The van der Waals surface area contributed by atoms with Crippen molar-refractivity contribution in [3.63, 3.8) is 0 Å². The second-order valence-electron chi connectivity index (χ2n) is 1.98. The summed E-state index contributed by atoms with van der Waals surface area (Å²) in [6, 6.07) is 0. The minimum Gasteiger partial charge on any atom is -0.342 e. The third-order valence-electron chi connectivity index (χ3n) is 0.966. The van der Waals surface area contributed by atoms with Crippen molar-refractivity contribution in [2.24, 2.45) is 5.73 Å². The minimum absolute atomic E-state index is 0.194. The van der Waals surface area contributed by atoms with Crippen LogP contribution in [0, 0.1) is 0 Å². The molecule has 0 heterocycles. The largest absolute Gasteiger partial charge is 0.471 e. The van der Waals surface area contributed by atoms with Crippen LogP contribution in [0.15, 0.2) is 0 Å². The van der Waals surface area contributed by atoms with Crippen LogP contribution in [0.25, 0.3) is 0 Å². The summed E-state index contributed by atoms with van der Waals surface area (Å²) >= 11 is 0. The van der Waals surface area contributed by atoms with Gasteiger partial charge in [0.25, 0.3) is 0 Å². The highest BCUT2D eigenvalue weighted by atomic mass is 19.4. The van der Waals surface area contributed by atoms with E-state index in [1.807, 2.05) is 5.32 Å². The van der Waals surface area contributed by atoms with Gasteiger partial charge in [0, 0.05) is 0 Å². The summed E-state index contributed by atoms with van der Waals surface area (Å²) in [5.41, 5.74) is 4.85. The van der Waals surface area contributed by atoms with Crippen molar-refractivity contribution in [2.45, 2.75) is 6.18 Å². The monoisotopic (exact) mass is 199 g/mol. The second-order valence-corrected chi connectivity index (χ2v) is 1.98. The van der Waals surface area contributed by atoms with Gasteiger partial charge in [-0.2, -0.15) is 13.2 Å². The quantitative estimate of drug-likeness (QED) is 0.494. The molecule has 0 radical (unpaired) electrons. The zero-order valence-corrected chi connectivity index (χ0v) is 6.44. The van der Waals surface area contributed by atoms with Crippen LogP contribution in [0.5, 0.6) is 0 Å². The Morgan fingerprint density at radius 2 is 1.77 bits per heavy atom. The summed E-state index contributed by atoms with van der Waals surface area (Å²) in [5, 5.41) is 3.38. The zero-order chi connectivity index (χ0) is 10.5. The molecule has 8 heteroatoms. The molecule has 0 aliphatic rings. The van der Waals surface area contributed by atoms with E-state index in [9.17, 15) is 22.8 Å². The molecular formula is C5H8F3N3O2. The average molecular weight is 199 g/mol. The SMILES string of the molecule is NCNC(=O)CNC(=O)C(F)(F)F. The zero-order valence-electron chi connectivity index (χ0n) is 6.44. The van der Waals surface area contributed by atoms with E-state index in [0.29, 0.717) is 0 Å². The summed E-state index contributed by atoms with van der Waals surface area (Å²) in [6.45, 7) is -0.934. The lowest BCUT2D eigenvalue weighted by molar-refractivity contribution is -0.173. The fraction of sp³-hybridized carbons (Fsp3) is 0.600. The molecule has 2 amide bonds. The molecule has 4 N–H and O–H groups in total. The molecule has 0 unspecified atom stereocenters. The smallest absolute Gasteiger partial charge is 0.342 e. The molecule has 0 aliphatic heterocycles. The first kappa shape index (κ1) is 11.7. The van der Waals surface area contributed by atoms with E-state index in [1.54, 1.807) is 0 Å². The van der Waals surface area contributed by atoms with E-state index in [-0.39, 0.29) is 6.67 Å². The van der Waals surface area contributed by atoms with Crippen molar-refractivity contribution in [1.82, 2.24) is 10.6 Å². The summed E-state index contributed by atoms with van der Waals surface area (Å²) in [7, 11) is 0. The van der Waals surface area contributed by atoms with Gasteiger partial charge in [0.15, 0.2) is 0 Å². The number of alkyl halides is 3. The molecule has 0 spiro atoms. The number of hydrogen-bond acceptors (Lipinski definition) is 3. The molecule has 0 bridgehead atoms. The Labute approximate surface area is 71.5 Å². The minimum atomic E-state index is -4.97. The van der Waals surface area contributed by atoms with Gasteiger partial charge in [-0.3, -0.25) is 9.59 Å². The normalized spacial score (nSPS) is 10.8. The summed E-state index contributed by atoms with van der Waals surface area (Å²) < 4.78 is 34.6. The van der Waals surface area contributed by atoms with Gasteiger partial charge >= 0.3 is 12.1 Å². The first-order valence-electron chi connectivity index (χ1n) is 3.19. The lowest BCUT2D eigenvalue weighted by Crippen LogP contribution is -2.43. The van der Waals surface area contributed by atoms with E-state index in [4.69, 9.17) is 5.73 Å². The Balaban J connectivity index is 3.77. The number of carbonyl (C=O) groups is 2. The molecular weight excluding hydrogens is 191 g/mol. The van der Waals surface area contributed by atoms with E-state index in [1.165, 1.54) is 5.32 Å². The van der Waals surface area contributed by atoms with E-state index < -0.39 is 24.5 Å². The van der Waals surface area contributed by atoms with Crippen LogP contribution < -0.4 is 16.4 Å². The van der Waals surface area contributed by atoms with Gasteiger partial charge < -0.3 is 16.4 Å². The Hall–Kier alpha value is -1.31. The lowest BCUT2D eigenvalue weighted by Gasteiger charge is -2.06. The van der Waals surface area contributed by atoms with E-state index in [0.717, 1.165) is 0 Å². The molecule has 0 aromatic carbocycles. The Morgan fingerprint density at radius 3 is 2.15 bits per heavy atom. The Bertz CT molecular complexity index is 204. The molecule has 0 aromatic rings. The first-order valence-corrected chi connectivity index (χ1v) is 3.19. The predicted molar refractivity (Wildman–Crippen MR) is 36.3 cm³/mol. The third kappa shape index (κ3) is 5.01. The molecule has 0 saturated carbocycles. The molecule has 0 aliphatic carbocycles. The third-order valence-corrected chi connectivity index (χ3v) is 0.966. The van der Waals surface area contributed by atoms with Crippen molar-refractivity contribution >= 4 is 11.8 Å². The maximum atomic E-state index is 11.5. The van der Waals surface area contributed by atoms with E-state index >= 15 is 0 Å². The van der Waals surface area contributed by atoms with Crippen molar-refractivity contribution in [1.29, 1.82) is 0 Å². The number of amides is 2. The van der Waals surface area contributed by atoms with Gasteiger partial charge in [-0.25, -0.2) is 0 Å². The standard InChI is InChI=1S/C5H8F3N3O2/c6-5(7,8)4(13)10-1-3(12)11-2-9/h1-2,9H2,(H,10,13)(H,11,12).